The van der Waals surface area contributed by atoms with Crippen molar-refractivity contribution in [3.8, 4) is 56.4 Å². The van der Waals surface area contributed by atoms with Crippen LogP contribution in [-0.2, 0) is 0 Å². The average Bonchev–Trinajstić information content (AvgIpc) is 3.11. The highest BCUT2D eigenvalue weighted by atomic mass is 15.0. The van der Waals surface area contributed by atoms with Crippen molar-refractivity contribution in [3.05, 3.63) is 164 Å². The quantitative estimate of drug-likeness (QED) is 0.210. The zero-order valence-corrected chi connectivity index (χ0v) is 23.9. The Balaban J connectivity index is 1.31. The van der Waals surface area contributed by atoms with E-state index in [4.69, 9.17) is 15.0 Å². The van der Waals surface area contributed by atoms with Crippen molar-refractivity contribution in [3.63, 3.8) is 0 Å². The topological polar surface area (TPSA) is 38.7 Å². The molecule has 8 rings (SSSR count). The molecule has 0 spiro atoms. The van der Waals surface area contributed by atoms with Crippen LogP contribution in [0.5, 0.6) is 0 Å². The molecule has 0 atom stereocenters. The first-order valence-electron chi connectivity index (χ1n) is 14.8. The minimum Gasteiger partial charge on any atom is -0.208 e. The molecular weight excluding hydrogens is 534 g/mol. The van der Waals surface area contributed by atoms with Gasteiger partial charge in [0.2, 0.25) is 0 Å². The molecule has 0 saturated carbocycles. The number of fused-ring (bicyclic) bond motifs is 2. The van der Waals surface area contributed by atoms with Crippen LogP contribution >= 0.6 is 0 Å². The third-order valence-corrected chi connectivity index (χ3v) is 8.12. The molecule has 0 aliphatic heterocycles. The van der Waals surface area contributed by atoms with Crippen LogP contribution in [-0.4, -0.2) is 15.0 Å². The normalized spacial score (nSPS) is 11.2. The smallest absolute Gasteiger partial charge is 0.164 e. The minimum absolute atomic E-state index is 0.648. The van der Waals surface area contributed by atoms with Crippen LogP contribution in [0.4, 0.5) is 0 Å². The maximum atomic E-state index is 5.11. The maximum Gasteiger partial charge on any atom is 0.164 e. The van der Waals surface area contributed by atoms with Crippen LogP contribution in [0.1, 0.15) is 0 Å². The summed E-state index contributed by atoms with van der Waals surface area (Å²) in [6.07, 6.45) is 0. The van der Waals surface area contributed by atoms with Gasteiger partial charge in [-0.25, -0.2) is 15.0 Å². The minimum atomic E-state index is 0.648. The standard InChI is InChI=1S/C41H27N3/c1-3-12-28(13-4-1)32-18-11-19-34(27-32)40-42-39(30-15-5-2-6-16-30)43-41(44-40)38-25-24-35(36-20-9-10-21-37(36)38)33-23-22-29-14-7-8-17-31(29)26-33/h1-27H. The number of hydrogen-bond donors (Lipinski definition) is 0. The van der Waals surface area contributed by atoms with Gasteiger partial charge >= 0.3 is 0 Å². The lowest BCUT2D eigenvalue weighted by Gasteiger charge is -2.14. The fraction of sp³-hybridized carbons (Fsp3) is 0. The van der Waals surface area contributed by atoms with Gasteiger partial charge in [0.15, 0.2) is 17.5 Å². The fourth-order valence-electron chi connectivity index (χ4n) is 5.91. The lowest BCUT2D eigenvalue weighted by molar-refractivity contribution is 1.08. The number of hydrogen-bond acceptors (Lipinski definition) is 3. The Hall–Kier alpha value is -5.93. The lowest BCUT2D eigenvalue weighted by Crippen LogP contribution is -2.01. The third-order valence-electron chi connectivity index (χ3n) is 8.12. The van der Waals surface area contributed by atoms with Crippen molar-refractivity contribution in [2.24, 2.45) is 0 Å². The first kappa shape index (κ1) is 25.8. The fourth-order valence-corrected chi connectivity index (χ4v) is 5.91. The van der Waals surface area contributed by atoms with Crippen LogP contribution in [0.2, 0.25) is 0 Å². The van der Waals surface area contributed by atoms with Crippen molar-refractivity contribution >= 4 is 21.5 Å². The highest BCUT2D eigenvalue weighted by Gasteiger charge is 2.16. The van der Waals surface area contributed by atoms with Crippen molar-refractivity contribution in [1.29, 1.82) is 0 Å². The molecule has 0 unspecified atom stereocenters. The van der Waals surface area contributed by atoms with Crippen molar-refractivity contribution < 1.29 is 0 Å². The number of nitrogens with zero attached hydrogens (tertiary/aromatic N) is 3. The summed E-state index contributed by atoms with van der Waals surface area (Å²) < 4.78 is 0. The highest BCUT2D eigenvalue weighted by Crippen LogP contribution is 2.37. The average molecular weight is 562 g/mol. The van der Waals surface area contributed by atoms with E-state index in [1.807, 2.05) is 36.4 Å². The molecule has 206 valence electrons. The molecule has 3 nitrogen and oxygen atoms in total. The summed E-state index contributed by atoms with van der Waals surface area (Å²) in [7, 11) is 0. The van der Waals surface area contributed by atoms with Gasteiger partial charge in [0.05, 0.1) is 0 Å². The van der Waals surface area contributed by atoms with E-state index in [9.17, 15) is 0 Å². The summed E-state index contributed by atoms with van der Waals surface area (Å²) >= 11 is 0. The molecule has 0 amide bonds. The molecule has 1 heterocycles. The van der Waals surface area contributed by atoms with Gasteiger partial charge in [-0.2, -0.15) is 0 Å². The first-order chi connectivity index (χ1) is 21.8. The van der Waals surface area contributed by atoms with Crippen molar-refractivity contribution in [1.82, 2.24) is 15.0 Å². The summed E-state index contributed by atoms with van der Waals surface area (Å²) in [5.74, 6) is 1.95. The molecule has 8 aromatic rings. The van der Waals surface area contributed by atoms with Gasteiger partial charge in [-0.15, -0.1) is 0 Å². The van der Waals surface area contributed by atoms with E-state index in [0.717, 1.165) is 38.6 Å². The van der Waals surface area contributed by atoms with Crippen LogP contribution in [0.15, 0.2) is 164 Å². The molecule has 0 saturated heterocycles. The molecule has 3 heteroatoms. The molecular formula is C41H27N3. The van der Waals surface area contributed by atoms with Gasteiger partial charge in [0, 0.05) is 16.7 Å². The van der Waals surface area contributed by atoms with E-state index < -0.39 is 0 Å². The molecule has 44 heavy (non-hydrogen) atoms. The monoisotopic (exact) mass is 561 g/mol. The molecule has 0 aliphatic rings. The van der Waals surface area contributed by atoms with Gasteiger partial charge in [0.25, 0.3) is 0 Å². The van der Waals surface area contributed by atoms with E-state index in [1.165, 1.54) is 21.9 Å². The van der Waals surface area contributed by atoms with Crippen LogP contribution in [0, 0.1) is 0 Å². The van der Waals surface area contributed by atoms with E-state index in [1.54, 1.807) is 0 Å². The van der Waals surface area contributed by atoms with Gasteiger partial charge < -0.3 is 0 Å². The Bertz CT molecular complexity index is 2270. The Morgan fingerprint density at radius 1 is 0.273 bits per heavy atom. The second-order valence-electron chi connectivity index (χ2n) is 10.9. The molecule has 0 N–H and O–H groups in total. The predicted octanol–water partition coefficient (Wildman–Crippen LogP) is 10.5. The molecule has 7 aromatic carbocycles. The maximum absolute atomic E-state index is 5.11. The zero-order valence-electron chi connectivity index (χ0n) is 23.9. The highest BCUT2D eigenvalue weighted by molar-refractivity contribution is 6.05. The second-order valence-corrected chi connectivity index (χ2v) is 10.9. The summed E-state index contributed by atoms with van der Waals surface area (Å²) in [5, 5.41) is 4.73. The van der Waals surface area contributed by atoms with E-state index in [-0.39, 0.29) is 0 Å². The summed E-state index contributed by atoms with van der Waals surface area (Å²) in [4.78, 5) is 15.1. The molecule has 1 aromatic heterocycles. The Morgan fingerprint density at radius 3 is 1.59 bits per heavy atom. The first-order valence-corrected chi connectivity index (χ1v) is 14.8. The van der Waals surface area contributed by atoms with Gasteiger partial charge in [-0.1, -0.05) is 146 Å². The number of rotatable bonds is 5. The summed E-state index contributed by atoms with van der Waals surface area (Å²) in [5.41, 5.74) is 7.52. The Kier molecular flexibility index (Phi) is 6.47. The van der Waals surface area contributed by atoms with Gasteiger partial charge in [-0.3, -0.25) is 0 Å². The Labute approximate surface area is 256 Å². The van der Waals surface area contributed by atoms with Crippen molar-refractivity contribution in [2.75, 3.05) is 0 Å². The van der Waals surface area contributed by atoms with Crippen LogP contribution in [0.3, 0.4) is 0 Å². The molecule has 0 aliphatic carbocycles. The van der Waals surface area contributed by atoms with Gasteiger partial charge in [0.1, 0.15) is 0 Å². The number of benzene rings is 7. The third kappa shape index (κ3) is 4.81. The SMILES string of the molecule is c1ccc(-c2cccc(-c3nc(-c4ccccc4)nc(-c4ccc(-c5ccc6ccccc6c5)c5ccccc45)n3)c2)cc1. The van der Waals surface area contributed by atoms with Crippen LogP contribution < -0.4 is 0 Å². The predicted molar refractivity (Wildman–Crippen MR) is 182 cm³/mol. The van der Waals surface area contributed by atoms with E-state index in [2.05, 4.69) is 127 Å². The molecule has 0 fully saturated rings. The second kappa shape index (κ2) is 11.0. The Morgan fingerprint density at radius 2 is 0.818 bits per heavy atom. The zero-order chi connectivity index (χ0) is 29.3. The number of aromatic nitrogens is 3. The lowest BCUT2D eigenvalue weighted by atomic mass is 9.93. The molecule has 0 bridgehead atoms. The van der Waals surface area contributed by atoms with E-state index in [0.29, 0.717) is 17.5 Å². The van der Waals surface area contributed by atoms with Crippen LogP contribution in [0.25, 0.3) is 78.0 Å². The molecule has 0 radical (unpaired) electrons. The largest absolute Gasteiger partial charge is 0.208 e. The van der Waals surface area contributed by atoms with Crippen molar-refractivity contribution in [2.45, 2.75) is 0 Å². The summed E-state index contributed by atoms with van der Waals surface area (Å²) in [6, 6.07) is 57.0. The van der Waals surface area contributed by atoms with E-state index >= 15 is 0 Å². The van der Waals surface area contributed by atoms with Gasteiger partial charge in [-0.05, 0) is 62.0 Å². The summed E-state index contributed by atoms with van der Waals surface area (Å²) in [6.45, 7) is 0.